The van der Waals surface area contributed by atoms with Gasteiger partial charge in [0, 0.05) is 23.6 Å². The van der Waals surface area contributed by atoms with Gasteiger partial charge in [-0.3, -0.25) is 14.3 Å². The predicted octanol–water partition coefficient (Wildman–Crippen LogP) is 4.46. The first-order valence-electron chi connectivity index (χ1n) is 8.91. The van der Waals surface area contributed by atoms with Gasteiger partial charge < -0.3 is 4.42 Å². The van der Waals surface area contributed by atoms with E-state index in [0.29, 0.717) is 16.7 Å². The monoisotopic (exact) mass is 390 g/mol. The molecule has 0 unspecified atom stereocenters. The average molecular weight is 390 g/mol. The van der Waals surface area contributed by atoms with E-state index >= 15 is 0 Å². The van der Waals surface area contributed by atoms with Gasteiger partial charge in [0.15, 0.2) is 16.7 Å². The summed E-state index contributed by atoms with van der Waals surface area (Å²) in [6, 6.07) is 15.4. The molecule has 0 aliphatic rings. The zero-order valence-corrected chi connectivity index (χ0v) is 16.1. The van der Waals surface area contributed by atoms with Gasteiger partial charge >= 0.3 is 0 Å². The number of carbonyl (C=O) groups is 1. The summed E-state index contributed by atoms with van der Waals surface area (Å²) < 4.78 is 7.15. The zero-order chi connectivity index (χ0) is 19.3. The quantitative estimate of drug-likeness (QED) is 0.343. The lowest BCUT2D eigenvalue weighted by Crippen LogP contribution is -2.04. The molecule has 0 N–H and O–H groups in total. The highest BCUT2D eigenvalue weighted by Crippen LogP contribution is 2.28. The third-order valence-electron chi connectivity index (χ3n) is 4.30. The molecule has 0 aliphatic carbocycles. The molecule has 0 amide bonds. The molecule has 28 heavy (non-hydrogen) atoms. The van der Waals surface area contributed by atoms with E-state index in [4.69, 9.17) is 4.42 Å². The number of benzene rings is 1. The first-order chi connectivity index (χ1) is 13.8. The van der Waals surface area contributed by atoms with Crippen molar-refractivity contribution in [1.29, 1.82) is 0 Å². The highest BCUT2D eigenvalue weighted by molar-refractivity contribution is 7.99. The number of carbonyl (C=O) groups excluding carboxylic acids is 1. The molecule has 0 atom stereocenters. The third kappa shape index (κ3) is 3.75. The molecule has 4 rings (SSSR count). The van der Waals surface area contributed by atoms with Crippen molar-refractivity contribution in [2.24, 2.45) is 0 Å². The van der Waals surface area contributed by atoms with Gasteiger partial charge in [0.05, 0.1) is 12.0 Å². The van der Waals surface area contributed by atoms with Crippen molar-refractivity contribution in [3.05, 3.63) is 78.5 Å². The van der Waals surface area contributed by atoms with Gasteiger partial charge in [-0.15, -0.1) is 10.2 Å². The molecule has 3 aromatic heterocycles. The van der Waals surface area contributed by atoms with Crippen LogP contribution in [0.4, 0.5) is 0 Å². The number of aryl methyl sites for hydroxylation is 1. The van der Waals surface area contributed by atoms with E-state index in [1.807, 2.05) is 28.8 Å². The number of rotatable bonds is 7. The highest BCUT2D eigenvalue weighted by Gasteiger charge is 2.18. The van der Waals surface area contributed by atoms with Gasteiger partial charge in [-0.05, 0) is 48.4 Å². The third-order valence-corrected chi connectivity index (χ3v) is 5.23. The topological polar surface area (TPSA) is 73.8 Å². The summed E-state index contributed by atoms with van der Waals surface area (Å²) in [5, 5.41) is 9.36. The van der Waals surface area contributed by atoms with Crippen molar-refractivity contribution >= 4 is 17.5 Å². The summed E-state index contributed by atoms with van der Waals surface area (Å²) in [5.74, 6) is 1.19. The van der Waals surface area contributed by atoms with E-state index in [1.165, 1.54) is 23.6 Å². The van der Waals surface area contributed by atoms with Crippen molar-refractivity contribution < 1.29 is 9.21 Å². The van der Waals surface area contributed by atoms with Gasteiger partial charge in [0.1, 0.15) is 0 Å². The minimum absolute atomic E-state index is 0.0867. The van der Waals surface area contributed by atoms with E-state index in [0.717, 1.165) is 17.7 Å². The average Bonchev–Trinajstić information content (AvgIpc) is 3.43. The highest BCUT2D eigenvalue weighted by atomic mass is 32.2. The molecule has 0 spiro atoms. The number of Topliss-reactive ketones (excluding diaryl/α,β-unsaturated/α-hetero) is 1. The lowest BCUT2D eigenvalue weighted by Gasteiger charge is -2.10. The molecule has 0 fully saturated rings. The van der Waals surface area contributed by atoms with Crippen LogP contribution in [0.2, 0.25) is 0 Å². The van der Waals surface area contributed by atoms with Gasteiger partial charge in [-0.2, -0.15) is 0 Å². The summed E-state index contributed by atoms with van der Waals surface area (Å²) >= 11 is 1.34. The first-order valence-corrected chi connectivity index (χ1v) is 9.89. The molecule has 4 aromatic rings. The van der Waals surface area contributed by atoms with Gasteiger partial charge in [-0.25, -0.2) is 0 Å². The van der Waals surface area contributed by atoms with Crippen LogP contribution in [0.25, 0.3) is 17.1 Å². The first kappa shape index (κ1) is 18.2. The van der Waals surface area contributed by atoms with Crippen LogP contribution in [-0.4, -0.2) is 31.3 Å². The molecular weight excluding hydrogens is 372 g/mol. The molecule has 6 nitrogen and oxygen atoms in total. The molecule has 3 heterocycles. The maximum atomic E-state index is 12.3. The second-order valence-corrected chi connectivity index (χ2v) is 7.03. The molecule has 1 aromatic carbocycles. The fraction of sp³-hybridized carbons (Fsp3) is 0.143. The Kier molecular flexibility index (Phi) is 5.34. The van der Waals surface area contributed by atoms with Crippen molar-refractivity contribution in [1.82, 2.24) is 19.7 Å². The smallest absolute Gasteiger partial charge is 0.208 e. The largest absolute Gasteiger partial charge is 0.461 e. The number of pyridine rings is 1. The molecule has 0 saturated carbocycles. The van der Waals surface area contributed by atoms with Gasteiger partial charge in [0.2, 0.25) is 5.78 Å². The van der Waals surface area contributed by atoms with E-state index in [-0.39, 0.29) is 11.5 Å². The number of aromatic nitrogens is 4. The van der Waals surface area contributed by atoms with Crippen molar-refractivity contribution in [3.8, 4) is 17.1 Å². The van der Waals surface area contributed by atoms with Crippen LogP contribution in [0, 0.1) is 0 Å². The molecule has 0 saturated heterocycles. The lowest BCUT2D eigenvalue weighted by atomic mass is 10.1. The molecule has 0 bridgehead atoms. The number of furan rings is 1. The lowest BCUT2D eigenvalue weighted by molar-refractivity contribution is 0.0992. The summed E-state index contributed by atoms with van der Waals surface area (Å²) in [6.07, 6.45) is 5.92. The van der Waals surface area contributed by atoms with Crippen molar-refractivity contribution in [2.45, 2.75) is 18.5 Å². The van der Waals surface area contributed by atoms with Gasteiger partial charge in [0.25, 0.3) is 0 Å². The van der Waals surface area contributed by atoms with E-state index < -0.39 is 0 Å². The van der Waals surface area contributed by atoms with Crippen molar-refractivity contribution in [2.75, 3.05) is 5.75 Å². The number of nitrogens with zero attached hydrogens (tertiary/aromatic N) is 4. The minimum atomic E-state index is -0.0867. The second-order valence-electron chi connectivity index (χ2n) is 6.09. The molecule has 140 valence electrons. The summed E-state index contributed by atoms with van der Waals surface area (Å²) in [7, 11) is 0. The van der Waals surface area contributed by atoms with Crippen LogP contribution in [0.1, 0.15) is 23.0 Å². The van der Waals surface area contributed by atoms with Crippen LogP contribution < -0.4 is 0 Å². The number of hydrogen-bond donors (Lipinski definition) is 0. The van der Waals surface area contributed by atoms with Crippen LogP contribution in [-0.2, 0) is 6.42 Å². The molecule has 7 heteroatoms. The van der Waals surface area contributed by atoms with Crippen molar-refractivity contribution in [3.63, 3.8) is 0 Å². The van der Waals surface area contributed by atoms with Crippen LogP contribution in [0.5, 0.6) is 0 Å². The Bertz CT molecular complexity index is 1060. The molecular formula is C21H18N4O2S. The minimum Gasteiger partial charge on any atom is -0.461 e. The number of ketones is 1. The number of thioether (sulfide) groups is 1. The Morgan fingerprint density at radius 1 is 1.07 bits per heavy atom. The summed E-state index contributed by atoms with van der Waals surface area (Å²) in [6.45, 7) is 2.12. The maximum absolute atomic E-state index is 12.3. The van der Waals surface area contributed by atoms with E-state index in [2.05, 4.69) is 34.2 Å². The van der Waals surface area contributed by atoms with Gasteiger partial charge in [-0.1, -0.05) is 30.8 Å². The van der Waals surface area contributed by atoms with Crippen LogP contribution in [0.15, 0.2) is 76.8 Å². The standard InChI is InChI=1S/C21H18N4O2S/c1-2-15-5-7-17(8-6-15)25-20(16-9-11-22-12-10-16)23-24-21(25)28-14-18(26)19-4-3-13-27-19/h3-13H,2,14H2,1H3. The van der Waals surface area contributed by atoms with Crippen LogP contribution in [0.3, 0.4) is 0 Å². The normalized spacial score (nSPS) is 10.9. The van der Waals surface area contributed by atoms with E-state index in [1.54, 1.807) is 24.5 Å². The Morgan fingerprint density at radius 2 is 1.86 bits per heavy atom. The van der Waals surface area contributed by atoms with E-state index in [9.17, 15) is 4.79 Å². The summed E-state index contributed by atoms with van der Waals surface area (Å²) in [4.78, 5) is 16.4. The summed E-state index contributed by atoms with van der Waals surface area (Å²) in [5.41, 5.74) is 3.11. The Labute approximate surface area is 166 Å². The fourth-order valence-corrected chi connectivity index (χ4v) is 3.63. The second kappa shape index (κ2) is 8.22. The molecule has 0 aliphatic heterocycles. The zero-order valence-electron chi connectivity index (χ0n) is 15.3. The molecule has 0 radical (unpaired) electrons. The van der Waals surface area contributed by atoms with Crippen LogP contribution >= 0.6 is 11.8 Å². The fourth-order valence-electron chi connectivity index (χ4n) is 2.80. The predicted molar refractivity (Wildman–Crippen MR) is 108 cm³/mol. The maximum Gasteiger partial charge on any atom is 0.208 e. The SMILES string of the molecule is CCc1ccc(-n2c(SCC(=O)c3ccco3)nnc2-c2ccncc2)cc1. The Balaban J connectivity index is 1.69. The number of hydrogen-bond acceptors (Lipinski definition) is 6. The Morgan fingerprint density at radius 3 is 2.54 bits per heavy atom. The Hall–Kier alpha value is -3.19.